The quantitative estimate of drug-likeness (QED) is 0.647. The summed E-state index contributed by atoms with van der Waals surface area (Å²) in [5, 5.41) is 23.0. The molecule has 0 aliphatic rings. The molecule has 19 heavy (non-hydrogen) atoms. The van der Waals surface area contributed by atoms with Crippen molar-refractivity contribution in [2.24, 2.45) is 0 Å². The SMILES string of the molecule is CC(C)(C)c1nn(-c2cccnn2)c(N)c1[N+](=O)[O-]. The highest BCUT2D eigenvalue weighted by molar-refractivity contribution is 5.60. The van der Waals surface area contributed by atoms with Gasteiger partial charge in [0.2, 0.25) is 5.82 Å². The lowest BCUT2D eigenvalue weighted by Gasteiger charge is -2.13. The topological polar surface area (TPSA) is 113 Å². The zero-order valence-corrected chi connectivity index (χ0v) is 10.9. The molecule has 0 atom stereocenters. The number of nitro groups is 1. The molecule has 0 aliphatic carbocycles. The number of hydrogen-bond donors (Lipinski definition) is 1. The fourth-order valence-corrected chi connectivity index (χ4v) is 1.69. The van der Waals surface area contributed by atoms with Crippen LogP contribution in [0.15, 0.2) is 18.3 Å². The minimum atomic E-state index is -0.518. The number of nitrogens with zero attached hydrogens (tertiary/aromatic N) is 5. The number of anilines is 1. The Kier molecular flexibility index (Phi) is 2.93. The molecule has 2 rings (SSSR count). The van der Waals surface area contributed by atoms with Crippen molar-refractivity contribution in [1.82, 2.24) is 20.0 Å². The van der Waals surface area contributed by atoms with Crippen LogP contribution >= 0.6 is 0 Å². The molecule has 0 aromatic carbocycles. The van der Waals surface area contributed by atoms with E-state index in [9.17, 15) is 10.1 Å². The molecule has 0 fully saturated rings. The average molecular weight is 262 g/mol. The van der Waals surface area contributed by atoms with Crippen LogP contribution in [0.4, 0.5) is 11.5 Å². The van der Waals surface area contributed by atoms with Gasteiger partial charge in [-0.1, -0.05) is 20.8 Å². The van der Waals surface area contributed by atoms with Crippen molar-refractivity contribution >= 4 is 11.5 Å². The maximum Gasteiger partial charge on any atom is 0.334 e. The summed E-state index contributed by atoms with van der Waals surface area (Å²) in [5.74, 6) is 0.300. The van der Waals surface area contributed by atoms with E-state index in [0.29, 0.717) is 11.5 Å². The van der Waals surface area contributed by atoms with E-state index in [4.69, 9.17) is 5.73 Å². The number of nitrogen functional groups attached to an aromatic ring is 1. The molecule has 0 bridgehead atoms. The smallest absolute Gasteiger partial charge is 0.334 e. The van der Waals surface area contributed by atoms with E-state index in [1.54, 1.807) is 12.1 Å². The van der Waals surface area contributed by atoms with Gasteiger partial charge in [-0.15, -0.1) is 5.10 Å². The molecule has 2 aromatic heterocycles. The number of aromatic nitrogens is 4. The lowest BCUT2D eigenvalue weighted by atomic mass is 9.91. The van der Waals surface area contributed by atoms with Crippen molar-refractivity contribution in [3.05, 3.63) is 34.1 Å². The molecule has 0 aliphatic heterocycles. The van der Waals surface area contributed by atoms with Crippen LogP contribution in [0, 0.1) is 10.1 Å². The van der Waals surface area contributed by atoms with Crippen molar-refractivity contribution in [3.63, 3.8) is 0 Å². The van der Waals surface area contributed by atoms with Gasteiger partial charge in [-0.3, -0.25) is 10.1 Å². The first kappa shape index (κ1) is 12.9. The highest BCUT2D eigenvalue weighted by Gasteiger charge is 2.34. The predicted octanol–water partition coefficient (Wildman–Crippen LogP) is 1.45. The summed E-state index contributed by atoms with van der Waals surface area (Å²) in [4.78, 5) is 10.7. The maximum atomic E-state index is 11.2. The Labute approximate surface area is 109 Å². The lowest BCUT2D eigenvalue weighted by molar-refractivity contribution is -0.385. The first-order valence-electron chi connectivity index (χ1n) is 5.64. The Morgan fingerprint density at radius 1 is 1.42 bits per heavy atom. The molecule has 0 amide bonds. The van der Waals surface area contributed by atoms with Crippen LogP contribution in [0.1, 0.15) is 26.5 Å². The first-order chi connectivity index (χ1) is 8.82. The second-order valence-corrected chi connectivity index (χ2v) is 5.08. The zero-order chi connectivity index (χ0) is 14.2. The Balaban J connectivity index is 2.70. The normalized spacial score (nSPS) is 11.5. The number of nitrogens with two attached hydrogens (primary N) is 1. The molecule has 2 heterocycles. The Morgan fingerprint density at radius 3 is 2.53 bits per heavy atom. The minimum absolute atomic E-state index is 0.0459. The molecule has 2 aromatic rings. The molecule has 0 unspecified atom stereocenters. The van der Waals surface area contributed by atoms with Crippen molar-refractivity contribution in [2.45, 2.75) is 26.2 Å². The highest BCUT2D eigenvalue weighted by atomic mass is 16.6. The zero-order valence-electron chi connectivity index (χ0n) is 10.9. The fraction of sp³-hybridized carbons (Fsp3) is 0.364. The van der Waals surface area contributed by atoms with Gasteiger partial charge < -0.3 is 5.73 Å². The first-order valence-corrected chi connectivity index (χ1v) is 5.64. The standard InChI is InChI=1S/C11H14N6O2/c1-11(2,3)9-8(17(18)19)10(12)16(15-9)7-5-4-6-13-14-7/h4-6H,12H2,1-3H3. The molecule has 8 heteroatoms. The largest absolute Gasteiger partial charge is 0.378 e. The van der Waals surface area contributed by atoms with Crippen LogP contribution in [0.5, 0.6) is 0 Å². The van der Waals surface area contributed by atoms with Crippen LogP contribution in [0.2, 0.25) is 0 Å². The van der Waals surface area contributed by atoms with Crippen LogP contribution in [-0.4, -0.2) is 24.9 Å². The molecule has 8 nitrogen and oxygen atoms in total. The summed E-state index contributed by atoms with van der Waals surface area (Å²) < 4.78 is 1.24. The molecule has 0 spiro atoms. The average Bonchev–Trinajstić information content (AvgIpc) is 2.68. The molecule has 2 N–H and O–H groups in total. The van der Waals surface area contributed by atoms with Crippen molar-refractivity contribution in [3.8, 4) is 5.82 Å². The third kappa shape index (κ3) is 2.24. The number of hydrogen-bond acceptors (Lipinski definition) is 6. The van der Waals surface area contributed by atoms with Gasteiger partial charge in [0.15, 0.2) is 5.82 Å². The number of rotatable bonds is 2. The van der Waals surface area contributed by atoms with Gasteiger partial charge >= 0.3 is 5.69 Å². The van der Waals surface area contributed by atoms with Gasteiger partial charge in [0.1, 0.15) is 5.69 Å². The van der Waals surface area contributed by atoms with E-state index in [1.165, 1.54) is 10.9 Å². The van der Waals surface area contributed by atoms with Gasteiger partial charge in [-0.25, -0.2) is 0 Å². The van der Waals surface area contributed by atoms with Crippen molar-refractivity contribution in [1.29, 1.82) is 0 Å². The Morgan fingerprint density at radius 2 is 2.11 bits per heavy atom. The van der Waals surface area contributed by atoms with E-state index >= 15 is 0 Å². The second-order valence-electron chi connectivity index (χ2n) is 5.08. The van der Waals surface area contributed by atoms with Crippen LogP contribution in [0.25, 0.3) is 5.82 Å². The molecule has 0 saturated carbocycles. The summed E-state index contributed by atoms with van der Waals surface area (Å²) in [6.45, 7) is 5.51. The molecule has 100 valence electrons. The van der Waals surface area contributed by atoms with E-state index < -0.39 is 10.3 Å². The summed E-state index contributed by atoms with van der Waals surface area (Å²) in [5.41, 5.74) is 5.47. The minimum Gasteiger partial charge on any atom is -0.378 e. The third-order valence-corrected chi connectivity index (χ3v) is 2.56. The van der Waals surface area contributed by atoms with Gasteiger partial charge in [0.05, 0.1) is 4.92 Å². The molecular weight excluding hydrogens is 248 g/mol. The highest BCUT2D eigenvalue weighted by Crippen LogP contribution is 2.35. The van der Waals surface area contributed by atoms with Crippen LogP contribution < -0.4 is 5.73 Å². The molecule has 0 saturated heterocycles. The van der Waals surface area contributed by atoms with Gasteiger partial charge in [0.25, 0.3) is 0 Å². The monoisotopic (exact) mass is 262 g/mol. The van der Waals surface area contributed by atoms with Crippen LogP contribution in [0.3, 0.4) is 0 Å². The van der Waals surface area contributed by atoms with Crippen molar-refractivity contribution < 1.29 is 4.92 Å². The predicted molar refractivity (Wildman–Crippen MR) is 68.9 cm³/mol. The summed E-state index contributed by atoms with van der Waals surface area (Å²) in [6.07, 6.45) is 1.50. The van der Waals surface area contributed by atoms with E-state index in [-0.39, 0.29) is 11.5 Å². The van der Waals surface area contributed by atoms with E-state index in [2.05, 4.69) is 15.3 Å². The summed E-state index contributed by atoms with van der Waals surface area (Å²) in [7, 11) is 0. The fourth-order valence-electron chi connectivity index (χ4n) is 1.69. The molecule has 0 radical (unpaired) electrons. The third-order valence-electron chi connectivity index (χ3n) is 2.56. The second kappa shape index (κ2) is 4.30. The van der Waals surface area contributed by atoms with E-state index in [0.717, 1.165) is 0 Å². The van der Waals surface area contributed by atoms with Gasteiger partial charge in [-0.2, -0.15) is 14.9 Å². The Bertz CT molecular complexity index is 614. The summed E-state index contributed by atoms with van der Waals surface area (Å²) >= 11 is 0. The van der Waals surface area contributed by atoms with Gasteiger partial charge in [0, 0.05) is 11.6 Å². The van der Waals surface area contributed by atoms with Gasteiger partial charge in [-0.05, 0) is 12.1 Å². The van der Waals surface area contributed by atoms with E-state index in [1.807, 2.05) is 20.8 Å². The maximum absolute atomic E-state index is 11.2. The summed E-state index contributed by atoms with van der Waals surface area (Å²) in [6, 6.07) is 3.29. The lowest BCUT2D eigenvalue weighted by Crippen LogP contribution is -2.14. The molecular formula is C11H14N6O2. The Hall–Kier alpha value is -2.51. The van der Waals surface area contributed by atoms with Crippen molar-refractivity contribution in [2.75, 3.05) is 5.73 Å². The van der Waals surface area contributed by atoms with Crippen LogP contribution in [-0.2, 0) is 5.41 Å².